The number of ether oxygens (including phenoxy) is 2. The summed E-state index contributed by atoms with van der Waals surface area (Å²) in [6.07, 6.45) is 0. The Morgan fingerprint density at radius 3 is 2.62 bits per heavy atom. The summed E-state index contributed by atoms with van der Waals surface area (Å²) >= 11 is 1.31. The molecule has 152 valence electrons. The molecule has 0 radical (unpaired) electrons. The Balaban J connectivity index is 1.60. The summed E-state index contributed by atoms with van der Waals surface area (Å²) in [6.45, 7) is 2.88. The number of fused-ring (bicyclic) bond motifs is 1. The molecule has 0 spiro atoms. The largest absolute Gasteiger partial charge is 0.497 e. The topological polar surface area (TPSA) is 67.9 Å². The Morgan fingerprint density at radius 1 is 1.10 bits per heavy atom. The number of esters is 1. The van der Waals surface area contributed by atoms with Gasteiger partial charge < -0.3 is 14.8 Å². The smallest absolute Gasteiger partial charge is 0.341 e. The molecule has 1 N–H and O–H groups in total. The fourth-order valence-corrected chi connectivity index (χ4v) is 3.84. The number of hydrogen-bond donors (Lipinski definition) is 1. The van der Waals surface area contributed by atoms with Gasteiger partial charge in [0.1, 0.15) is 10.8 Å². The lowest BCUT2D eigenvalue weighted by atomic mass is 10.1. The van der Waals surface area contributed by atoms with Crippen molar-refractivity contribution in [1.82, 2.24) is 4.90 Å². The Morgan fingerprint density at radius 2 is 1.86 bits per heavy atom. The third-order valence-electron chi connectivity index (χ3n) is 4.39. The summed E-state index contributed by atoms with van der Waals surface area (Å²) in [4.78, 5) is 26.3. The van der Waals surface area contributed by atoms with E-state index in [1.165, 1.54) is 11.3 Å². The van der Waals surface area contributed by atoms with E-state index in [0.717, 1.165) is 22.1 Å². The number of benzene rings is 2. The highest BCUT2D eigenvalue weighted by Crippen LogP contribution is 2.24. The predicted molar refractivity (Wildman–Crippen MR) is 116 cm³/mol. The molecular weight excluding hydrogens is 388 g/mol. The lowest BCUT2D eigenvalue weighted by molar-refractivity contribution is -0.117. The Labute approximate surface area is 174 Å². The molecule has 3 rings (SSSR count). The molecule has 1 aromatic heterocycles. The molecule has 1 heterocycles. The van der Waals surface area contributed by atoms with Crippen molar-refractivity contribution < 1.29 is 19.1 Å². The van der Waals surface area contributed by atoms with Gasteiger partial charge in [0.05, 0.1) is 25.8 Å². The van der Waals surface area contributed by atoms with Gasteiger partial charge in [-0.25, -0.2) is 4.79 Å². The molecule has 0 saturated carbocycles. The van der Waals surface area contributed by atoms with Crippen molar-refractivity contribution in [2.45, 2.75) is 13.5 Å². The highest BCUT2D eigenvalue weighted by atomic mass is 32.1. The van der Waals surface area contributed by atoms with Crippen LogP contribution in [0.4, 0.5) is 5.00 Å². The first kappa shape index (κ1) is 20.8. The average molecular weight is 413 g/mol. The highest BCUT2D eigenvalue weighted by molar-refractivity contribution is 7.14. The van der Waals surface area contributed by atoms with Crippen molar-refractivity contribution in [1.29, 1.82) is 0 Å². The normalized spacial score (nSPS) is 10.9. The van der Waals surface area contributed by atoms with Crippen LogP contribution in [0.1, 0.15) is 22.8 Å². The van der Waals surface area contributed by atoms with Crippen LogP contribution in [0.2, 0.25) is 0 Å². The molecule has 0 aliphatic rings. The molecule has 0 bridgehead atoms. The van der Waals surface area contributed by atoms with Gasteiger partial charge in [-0.15, -0.1) is 11.3 Å². The zero-order chi connectivity index (χ0) is 20.8. The molecule has 0 fully saturated rings. The van der Waals surface area contributed by atoms with Crippen LogP contribution < -0.4 is 10.1 Å². The lowest BCUT2D eigenvalue weighted by Crippen LogP contribution is -2.30. The first-order valence-electron chi connectivity index (χ1n) is 9.30. The number of likely N-dealkylation sites (N-methyl/N-ethyl adjacent to an activating group) is 1. The van der Waals surface area contributed by atoms with Gasteiger partial charge in [-0.1, -0.05) is 18.2 Å². The zero-order valence-electron chi connectivity index (χ0n) is 16.7. The molecule has 1 amide bonds. The van der Waals surface area contributed by atoms with Gasteiger partial charge in [0.15, 0.2) is 0 Å². The van der Waals surface area contributed by atoms with Crippen LogP contribution in [0, 0.1) is 0 Å². The molecule has 7 heteroatoms. The fourth-order valence-electron chi connectivity index (χ4n) is 3.05. The first-order chi connectivity index (χ1) is 14.0. The third kappa shape index (κ3) is 5.34. The fraction of sp³-hybridized carbons (Fsp3) is 0.273. The summed E-state index contributed by atoms with van der Waals surface area (Å²) < 4.78 is 10.3. The van der Waals surface area contributed by atoms with Crippen LogP contribution in [-0.4, -0.2) is 44.1 Å². The van der Waals surface area contributed by atoms with Crippen molar-refractivity contribution in [3.63, 3.8) is 0 Å². The van der Waals surface area contributed by atoms with E-state index in [9.17, 15) is 9.59 Å². The molecule has 2 aromatic carbocycles. The Bertz CT molecular complexity index is 1010. The number of carbonyl (C=O) groups is 2. The second-order valence-electron chi connectivity index (χ2n) is 6.65. The number of amides is 1. The highest BCUT2D eigenvalue weighted by Gasteiger charge is 2.16. The van der Waals surface area contributed by atoms with Crippen LogP contribution >= 0.6 is 11.3 Å². The minimum atomic E-state index is -0.426. The van der Waals surface area contributed by atoms with Crippen molar-refractivity contribution >= 4 is 39.0 Å². The number of methoxy groups -OCH3 is 1. The molecule has 0 atom stereocenters. The monoisotopic (exact) mass is 412 g/mol. The Kier molecular flexibility index (Phi) is 6.85. The van der Waals surface area contributed by atoms with Crippen molar-refractivity contribution in [2.75, 3.05) is 32.6 Å². The van der Waals surface area contributed by atoms with Crippen LogP contribution in [0.15, 0.2) is 47.8 Å². The van der Waals surface area contributed by atoms with E-state index in [4.69, 9.17) is 9.47 Å². The van der Waals surface area contributed by atoms with Gasteiger partial charge in [-0.05, 0) is 60.0 Å². The predicted octanol–water partition coefficient (Wildman–Crippen LogP) is 4.16. The Hall–Kier alpha value is -2.90. The number of carbonyl (C=O) groups excluding carboxylic acids is 2. The van der Waals surface area contributed by atoms with E-state index >= 15 is 0 Å². The summed E-state index contributed by atoms with van der Waals surface area (Å²) in [5, 5.41) is 7.32. The van der Waals surface area contributed by atoms with Crippen molar-refractivity contribution in [2.24, 2.45) is 0 Å². The van der Waals surface area contributed by atoms with E-state index in [1.807, 2.05) is 36.2 Å². The summed E-state index contributed by atoms with van der Waals surface area (Å²) in [6, 6.07) is 13.8. The molecule has 29 heavy (non-hydrogen) atoms. The lowest BCUT2D eigenvalue weighted by Gasteiger charge is -2.17. The van der Waals surface area contributed by atoms with E-state index in [1.54, 1.807) is 25.5 Å². The van der Waals surface area contributed by atoms with E-state index < -0.39 is 5.97 Å². The SMILES string of the molecule is CCOC(=O)c1ccsc1NC(=O)CN(C)Cc1ccc2cc(OC)ccc2c1. The average Bonchev–Trinajstić information content (AvgIpc) is 3.15. The van der Waals surface area contributed by atoms with Gasteiger partial charge in [-0.2, -0.15) is 0 Å². The van der Waals surface area contributed by atoms with Gasteiger partial charge in [0.25, 0.3) is 0 Å². The number of rotatable bonds is 8. The maximum absolute atomic E-state index is 12.4. The summed E-state index contributed by atoms with van der Waals surface area (Å²) in [7, 11) is 3.54. The second-order valence-corrected chi connectivity index (χ2v) is 7.57. The van der Waals surface area contributed by atoms with Crippen LogP contribution in [0.25, 0.3) is 10.8 Å². The second kappa shape index (κ2) is 9.54. The van der Waals surface area contributed by atoms with E-state index in [2.05, 4.69) is 17.4 Å². The van der Waals surface area contributed by atoms with Crippen LogP contribution in [-0.2, 0) is 16.1 Å². The number of nitrogens with zero attached hydrogens (tertiary/aromatic N) is 1. The molecule has 0 aliphatic heterocycles. The third-order valence-corrected chi connectivity index (χ3v) is 5.22. The van der Waals surface area contributed by atoms with Gasteiger partial charge in [0.2, 0.25) is 5.91 Å². The molecule has 0 unspecified atom stereocenters. The quantitative estimate of drug-likeness (QED) is 0.563. The number of nitrogens with one attached hydrogen (secondary N) is 1. The zero-order valence-corrected chi connectivity index (χ0v) is 17.5. The molecular formula is C22H24N2O4S. The van der Waals surface area contributed by atoms with E-state index in [0.29, 0.717) is 23.7 Å². The number of thiophene rings is 1. The van der Waals surface area contributed by atoms with Gasteiger partial charge in [0, 0.05) is 6.54 Å². The van der Waals surface area contributed by atoms with Crippen molar-refractivity contribution in [3.05, 3.63) is 59.0 Å². The molecule has 0 saturated heterocycles. The van der Waals surface area contributed by atoms with Gasteiger partial charge in [-0.3, -0.25) is 9.69 Å². The minimum absolute atomic E-state index is 0.175. The molecule has 3 aromatic rings. The first-order valence-corrected chi connectivity index (χ1v) is 10.2. The van der Waals surface area contributed by atoms with E-state index in [-0.39, 0.29) is 12.5 Å². The standard InChI is InChI=1S/C22H24N2O4S/c1-4-28-22(26)19-9-10-29-21(19)23-20(25)14-24(2)13-15-5-6-17-12-18(27-3)8-7-16(17)11-15/h5-12H,4,13-14H2,1-3H3,(H,23,25). The van der Waals surface area contributed by atoms with Gasteiger partial charge >= 0.3 is 5.97 Å². The van der Waals surface area contributed by atoms with Crippen LogP contribution in [0.5, 0.6) is 5.75 Å². The summed E-state index contributed by atoms with van der Waals surface area (Å²) in [5.74, 6) is 0.228. The molecule has 0 aliphatic carbocycles. The molecule has 6 nitrogen and oxygen atoms in total. The summed E-state index contributed by atoms with van der Waals surface area (Å²) in [5.41, 5.74) is 1.50. The van der Waals surface area contributed by atoms with Crippen LogP contribution in [0.3, 0.4) is 0 Å². The maximum Gasteiger partial charge on any atom is 0.341 e. The maximum atomic E-state index is 12.4. The minimum Gasteiger partial charge on any atom is -0.497 e. The number of hydrogen-bond acceptors (Lipinski definition) is 6. The van der Waals surface area contributed by atoms with Crippen molar-refractivity contribution in [3.8, 4) is 5.75 Å². The number of anilines is 1.